The molecule has 0 saturated heterocycles. The van der Waals surface area contributed by atoms with E-state index in [1.54, 1.807) is 7.11 Å². The molecule has 150 valence electrons. The highest BCUT2D eigenvalue weighted by Gasteiger charge is 2.17. The molecule has 0 aliphatic heterocycles. The van der Waals surface area contributed by atoms with E-state index in [0.717, 1.165) is 28.4 Å². The van der Waals surface area contributed by atoms with Crippen LogP contribution in [0.5, 0.6) is 5.75 Å². The van der Waals surface area contributed by atoms with Crippen LogP contribution in [-0.4, -0.2) is 23.5 Å². The summed E-state index contributed by atoms with van der Waals surface area (Å²) in [6.45, 7) is 5.74. The van der Waals surface area contributed by atoms with Crippen LogP contribution in [0.3, 0.4) is 0 Å². The number of ether oxygens (including phenoxy) is 1. The summed E-state index contributed by atoms with van der Waals surface area (Å²) in [5.41, 5.74) is 5.02. The molecule has 0 atom stereocenters. The number of hydrogen-bond donors (Lipinski definition) is 2. The molecule has 0 saturated carbocycles. The van der Waals surface area contributed by atoms with Crippen molar-refractivity contribution in [3.8, 4) is 11.4 Å². The first-order valence-corrected chi connectivity index (χ1v) is 9.37. The highest BCUT2D eigenvalue weighted by Crippen LogP contribution is 2.24. The molecule has 0 fully saturated rings. The molecule has 6 nitrogen and oxygen atoms in total. The molecule has 0 aliphatic rings. The van der Waals surface area contributed by atoms with Gasteiger partial charge in [-0.1, -0.05) is 18.2 Å². The van der Waals surface area contributed by atoms with E-state index in [9.17, 15) is 9.59 Å². The van der Waals surface area contributed by atoms with Gasteiger partial charge in [0.25, 0.3) is 5.91 Å². The van der Waals surface area contributed by atoms with Crippen molar-refractivity contribution in [3.05, 3.63) is 77.1 Å². The van der Waals surface area contributed by atoms with Crippen LogP contribution in [-0.2, 0) is 11.3 Å². The quantitative estimate of drug-likeness (QED) is 0.667. The summed E-state index contributed by atoms with van der Waals surface area (Å²) < 4.78 is 7.35. The number of carbonyl (C=O) groups is 2. The largest absolute Gasteiger partial charge is 0.497 e. The number of methoxy groups -OCH3 is 1. The van der Waals surface area contributed by atoms with Gasteiger partial charge in [0.2, 0.25) is 5.91 Å². The van der Waals surface area contributed by atoms with Crippen molar-refractivity contribution >= 4 is 17.5 Å². The maximum atomic E-state index is 12.8. The van der Waals surface area contributed by atoms with Crippen LogP contribution in [0.25, 0.3) is 5.69 Å². The Morgan fingerprint density at radius 1 is 1.03 bits per heavy atom. The van der Waals surface area contributed by atoms with Crippen molar-refractivity contribution in [2.24, 2.45) is 0 Å². The predicted octanol–water partition coefficient (Wildman–Crippen LogP) is 3.99. The maximum absolute atomic E-state index is 12.8. The molecule has 29 heavy (non-hydrogen) atoms. The second-order valence-electron chi connectivity index (χ2n) is 6.89. The molecule has 1 aromatic heterocycles. The summed E-state index contributed by atoms with van der Waals surface area (Å²) >= 11 is 0. The zero-order chi connectivity index (χ0) is 21.0. The third-order valence-corrected chi connectivity index (χ3v) is 4.69. The summed E-state index contributed by atoms with van der Waals surface area (Å²) in [5.74, 6) is 0.494. The van der Waals surface area contributed by atoms with Crippen LogP contribution in [0.4, 0.5) is 5.69 Å². The Kier molecular flexibility index (Phi) is 6.02. The molecule has 1 heterocycles. The van der Waals surface area contributed by atoms with Gasteiger partial charge >= 0.3 is 0 Å². The van der Waals surface area contributed by atoms with E-state index in [1.165, 1.54) is 6.92 Å². The highest BCUT2D eigenvalue weighted by molar-refractivity contribution is 5.96. The summed E-state index contributed by atoms with van der Waals surface area (Å²) in [6.07, 6.45) is 0. The lowest BCUT2D eigenvalue weighted by atomic mass is 10.2. The first kappa shape index (κ1) is 20.2. The second-order valence-corrected chi connectivity index (χ2v) is 6.89. The van der Waals surface area contributed by atoms with Crippen LogP contribution >= 0.6 is 0 Å². The van der Waals surface area contributed by atoms with Crippen molar-refractivity contribution in [2.75, 3.05) is 12.4 Å². The van der Waals surface area contributed by atoms with E-state index in [4.69, 9.17) is 4.74 Å². The normalized spacial score (nSPS) is 10.5. The Labute approximate surface area is 170 Å². The average molecular weight is 391 g/mol. The van der Waals surface area contributed by atoms with E-state index in [-0.39, 0.29) is 11.8 Å². The van der Waals surface area contributed by atoms with E-state index in [0.29, 0.717) is 17.8 Å². The van der Waals surface area contributed by atoms with Gasteiger partial charge in [-0.25, -0.2) is 0 Å². The zero-order valence-electron chi connectivity index (χ0n) is 17.1. The van der Waals surface area contributed by atoms with Gasteiger partial charge in [-0.2, -0.15) is 0 Å². The Bertz CT molecular complexity index is 1050. The molecule has 0 spiro atoms. The van der Waals surface area contributed by atoms with Gasteiger partial charge < -0.3 is 19.9 Å². The Hall–Kier alpha value is -3.54. The van der Waals surface area contributed by atoms with Crippen molar-refractivity contribution in [1.29, 1.82) is 0 Å². The minimum absolute atomic E-state index is 0.129. The van der Waals surface area contributed by atoms with Crippen molar-refractivity contribution in [3.63, 3.8) is 0 Å². The number of benzene rings is 2. The average Bonchev–Trinajstić information content (AvgIpc) is 3.00. The molecule has 2 N–H and O–H groups in total. The number of hydrogen-bond acceptors (Lipinski definition) is 3. The van der Waals surface area contributed by atoms with Crippen LogP contribution in [0.2, 0.25) is 0 Å². The number of carbonyl (C=O) groups excluding carboxylic acids is 2. The SMILES string of the molecule is COc1cccc(-n2c(C)cc(C(=O)NCc3cccc(NC(C)=O)c3)c2C)c1. The third kappa shape index (κ3) is 4.66. The van der Waals surface area contributed by atoms with Crippen LogP contribution < -0.4 is 15.4 Å². The molecular formula is C23H25N3O3. The summed E-state index contributed by atoms with van der Waals surface area (Å²) in [5, 5.41) is 5.71. The third-order valence-electron chi connectivity index (χ3n) is 4.69. The molecule has 2 amide bonds. The molecule has 2 aromatic carbocycles. The second kappa shape index (κ2) is 8.65. The molecule has 0 bridgehead atoms. The topological polar surface area (TPSA) is 72.4 Å². The first-order valence-electron chi connectivity index (χ1n) is 9.37. The van der Waals surface area contributed by atoms with Gasteiger partial charge in [-0.3, -0.25) is 9.59 Å². The first-order chi connectivity index (χ1) is 13.9. The van der Waals surface area contributed by atoms with Crippen LogP contribution in [0.1, 0.15) is 34.2 Å². The number of nitrogens with zero attached hydrogens (tertiary/aromatic N) is 1. The standard InChI is InChI=1S/C23H25N3O3/c1-15-11-22(16(2)26(15)20-9-6-10-21(13-20)29-4)23(28)24-14-18-7-5-8-19(12-18)25-17(3)27/h5-13H,14H2,1-4H3,(H,24,28)(H,25,27). The lowest BCUT2D eigenvalue weighted by Gasteiger charge is -2.11. The summed E-state index contributed by atoms with van der Waals surface area (Å²) in [6, 6.07) is 17.0. The number of aryl methyl sites for hydroxylation is 1. The molecule has 0 unspecified atom stereocenters. The van der Waals surface area contributed by atoms with Gasteiger partial charge in [0, 0.05) is 42.3 Å². The number of nitrogens with one attached hydrogen (secondary N) is 2. The monoisotopic (exact) mass is 391 g/mol. The van der Waals surface area contributed by atoms with Gasteiger partial charge in [0.05, 0.1) is 12.7 Å². The maximum Gasteiger partial charge on any atom is 0.253 e. The summed E-state index contributed by atoms with van der Waals surface area (Å²) in [7, 11) is 1.63. The fraction of sp³-hybridized carbons (Fsp3) is 0.217. The van der Waals surface area contributed by atoms with Crippen molar-refractivity contribution in [1.82, 2.24) is 9.88 Å². The van der Waals surface area contributed by atoms with E-state index < -0.39 is 0 Å². The van der Waals surface area contributed by atoms with Crippen LogP contribution in [0, 0.1) is 13.8 Å². The Morgan fingerprint density at radius 2 is 1.79 bits per heavy atom. The fourth-order valence-electron chi connectivity index (χ4n) is 3.38. The minimum atomic E-state index is -0.142. The smallest absolute Gasteiger partial charge is 0.253 e. The summed E-state index contributed by atoms with van der Waals surface area (Å²) in [4.78, 5) is 24.0. The van der Waals surface area contributed by atoms with Crippen molar-refractivity contribution < 1.29 is 14.3 Å². The van der Waals surface area contributed by atoms with E-state index in [2.05, 4.69) is 10.6 Å². The molecule has 3 rings (SSSR count). The number of rotatable bonds is 6. The molecule has 0 aliphatic carbocycles. The van der Waals surface area contributed by atoms with Gasteiger partial charge in [0.1, 0.15) is 5.75 Å². The minimum Gasteiger partial charge on any atom is -0.497 e. The van der Waals surface area contributed by atoms with E-state index in [1.807, 2.05) is 73.0 Å². The number of amides is 2. The number of aromatic nitrogens is 1. The van der Waals surface area contributed by atoms with E-state index >= 15 is 0 Å². The molecular weight excluding hydrogens is 366 g/mol. The molecule has 6 heteroatoms. The highest BCUT2D eigenvalue weighted by atomic mass is 16.5. The van der Waals surface area contributed by atoms with Crippen LogP contribution in [0.15, 0.2) is 54.6 Å². The Morgan fingerprint density at radius 3 is 2.52 bits per heavy atom. The molecule has 3 aromatic rings. The van der Waals surface area contributed by atoms with Gasteiger partial charge in [-0.15, -0.1) is 0 Å². The molecule has 0 radical (unpaired) electrons. The zero-order valence-corrected chi connectivity index (χ0v) is 17.1. The predicted molar refractivity (Wildman–Crippen MR) is 114 cm³/mol. The lowest BCUT2D eigenvalue weighted by molar-refractivity contribution is -0.114. The van der Waals surface area contributed by atoms with Gasteiger partial charge in [-0.05, 0) is 49.7 Å². The fourth-order valence-corrected chi connectivity index (χ4v) is 3.38. The lowest BCUT2D eigenvalue weighted by Crippen LogP contribution is -2.23. The number of anilines is 1. The van der Waals surface area contributed by atoms with Gasteiger partial charge in [0.15, 0.2) is 0 Å². The van der Waals surface area contributed by atoms with Crippen molar-refractivity contribution in [2.45, 2.75) is 27.3 Å². The Balaban J connectivity index is 1.78.